The molecule has 0 radical (unpaired) electrons. The van der Waals surface area contributed by atoms with Crippen LogP contribution < -0.4 is 10.6 Å². The molecule has 3 aromatic rings. The first kappa shape index (κ1) is 21.3. The van der Waals surface area contributed by atoms with E-state index in [0.717, 1.165) is 42.3 Å². The van der Waals surface area contributed by atoms with Crippen LogP contribution in [0.4, 0.5) is 5.69 Å². The van der Waals surface area contributed by atoms with Gasteiger partial charge in [-0.25, -0.2) is 0 Å². The summed E-state index contributed by atoms with van der Waals surface area (Å²) in [4.78, 5) is 28.9. The van der Waals surface area contributed by atoms with Crippen LogP contribution >= 0.6 is 11.6 Å². The summed E-state index contributed by atoms with van der Waals surface area (Å²) in [5, 5.41) is 8.48. The summed E-state index contributed by atoms with van der Waals surface area (Å²) in [5.41, 5.74) is 2.60. The summed E-state index contributed by atoms with van der Waals surface area (Å²) in [5.74, 6) is -0.0350. The first-order chi connectivity index (χ1) is 15.1. The van der Waals surface area contributed by atoms with Crippen molar-refractivity contribution in [3.05, 3.63) is 71.4 Å². The lowest BCUT2D eigenvalue weighted by atomic mass is 9.90. The molecule has 0 unspecified atom stereocenters. The molecular formula is C25H26ClN3O2. The van der Waals surface area contributed by atoms with Crippen molar-refractivity contribution in [2.24, 2.45) is 0 Å². The molecule has 0 bridgehead atoms. The number of rotatable bonds is 7. The molecule has 31 heavy (non-hydrogen) atoms. The van der Waals surface area contributed by atoms with Crippen LogP contribution in [0.1, 0.15) is 48.9 Å². The van der Waals surface area contributed by atoms with Gasteiger partial charge in [0.2, 0.25) is 5.91 Å². The van der Waals surface area contributed by atoms with Gasteiger partial charge in [0.05, 0.1) is 5.52 Å². The zero-order valence-electron chi connectivity index (χ0n) is 17.3. The molecule has 1 heterocycles. The van der Waals surface area contributed by atoms with Crippen LogP contribution in [0, 0.1) is 0 Å². The molecule has 1 fully saturated rings. The van der Waals surface area contributed by atoms with E-state index in [0.29, 0.717) is 16.6 Å². The summed E-state index contributed by atoms with van der Waals surface area (Å²) >= 11 is 6.08. The molecule has 0 aliphatic heterocycles. The maximum Gasteiger partial charge on any atom is 0.220 e. The quantitative estimate of drug-likeness (QED) is 0.488. The number of nitrogens with zero attached hydrogens (tertiary/aromatic N) is 1. The number of nitrogens with one attached hydrogen (secondary N) is 2. The lowest BCUT2D eigenvalue weighted by Gasteiger charge is -2.30. The third-order valence-electron chi connectivity index (χ3n) is 5.83. The molecule has 4 rings (SSSR count). The first-order valence-electron chi connectivity index (χ1n) is 10.8. The third kappa shape index (κ3) is 5.61. The fraction of sp³-hybridized carbons (Fsp3) is 0.320. The average molecular weight is 436 g/mol. The molecule has 2 N–H and O–H groups in total. The topological polar surface area (TPSA) is 71.1 Å². The summed E-state index contributed by atoms with van der Waals surface area (Å²) in [6.45, 7) is 0. The van der Waals surface area contributed by atoms with Crippen LogP contribution in [-0.2, 0) is 4.79 Å². The molecule has 1 aliphatic carbocycles. The Labute approximate surface area is 187 Å². The maximum absolute atomic E-state index is 12.3. The SMILES string of the molecule is O=C(CCC(=O)c1ccccc1)NC1CCC(Nc2ccnc3cc(Cl)ccc23)CC1. The normalized spacial score (nSPS) is 18.5. The molecule has 1 aliphatic rings. The van der Waals surface area contributed by atoms with E-state index in [2.05, 4.69) is 15.6 Å². The van der Waals surface area contributed by atoms with Crippen molar-refractivity contribution in [3.63, 3.8) is 0 Å². The summed E-state index contributed by atoms with van der Waals surface area (Å²) < 4.78 is 0. The zero-order chi connectivity index (χ0) is 21.6. The number of hydrogen-bond donors (Lipinski definition) is 2. The van der Waals surface area contributed by atoms with E-state index in [1.54, 1.807) is 18.3 Å². The fourth-order valence-electron chi connectivity index (χ4n) is 4.14. The Morgan fingerprint density at radius 2 is 1.68 bits per heavy atom. The highest BCUT2D eigenvalue weighted by atomic mass is 35.5. The van der Waals surface area contributed by atoms with Crippen molar-refractivity contribution in [3.8, 4) is 0 Å². The number of fused-ring (bicyclic) bond motifs is 1. The molecule has 1 aromatic heterocycles. The van der Waals surface area contributed by atoms with Crippen LogP contribution in [-0.4, -0.2) is 28.8 Å². The largest absolute Gasteiger partial charge is 0.382 e. The lowest BCUT2D eigenvalue weighted by Crippen LogP contribution is -2.40. The smallest absolute Gasteiger partial charge is 0.220 e. The van der Waals surface area contributed by atoms with Gasteiger partial charge in [-0.15, -0.1) is 0 Å². The van der Waals surface area contributed by atoms with Crippen LogP contribution in [0.2, 0.25) is 5.02 Å². The molecule has 1 amide bonds. The van der Waals surface area contributed by atoms with Gasteiger partial charge in [0, 0.05) is 52.8 Å². The number of hydrogen-bond acceptors (Lipinski definition) is 4. The minimum Gasteiger partial charge on any atom is -0.382 e. The maximum atomic E-state index is 12.3. The molecule has 1 saturated carbocycles. The van der Waals surface area contributed by atoms with E-state index in [1.165, 1.54) is 0 Å². The van der Waals surface area contributed by atoms with Crippen molar-refractivity contribution < 1.29 is 9.59 Å². The Morgan fingerprint density at radius 1 is 0.935 bits per heavy atom. The molecule has 0 saturated heterocycles. The van der Waals surface area contributed by atoms with Gasteiger partial charge in [-0.05, 0) is 49.9 Å². The van der Waals surface area contributed by atoms with Crippen molar-refractivity contribution in [2.45, 2.75) is 50.6 Å². The van der Waals surface area contributed by atoms with Gasteiger partial charge < -0.3 is 10.6 Å². The highest BCUT2D eigenvalue weighted by Gasteiger charge is 2.23. The van der Waals surface area contributed by atoms with E-state index in [9.17, 15) is 9.59 Å². The fourth-order valence-corrected chi connectivity index (χ4v) is 4.31. The van der Waals surface area contributed by atoms with Gasteiger partial charge in [0.25, 0.3) is 0 Å². The molecule has 2 aromatic carbocycles. The number of aromatic nitrogens is 1. The average Bonchev–Trinajstić information content (AvgIpc) is 2.79. The Morgan fingerprint density at radius 3 is 2.45 bits per heavy atom. The second-order valence-electron chi connectivity index (χ2n) is 8.07. The third-order valence-corrected chi connectivity index (χ3v) is 6.07. The van der Waals surface area contributed by atoms with Crippen molar-refractivity contribution in [1.82, 2.24) is 10.3 Å². The number of carbonyl (C=O) groups is 2. The number of benzene rings is 2. The van der Waals surface area contributed by atoms with Crippen LogP contribution in [0.25, 0.3) is 10.9 Å². The minimum absolute atomic E-state index is 0.00882. The predicted molar refractivity (Wildman–Crippen MR) is 125 cm³/mol. The summed E-state index contributed by atoms with van der Waals surface area (Å²) in [6, 6.07) is 17.4. The number of carbonyl (C=O) groups excluding carboxylic acids is 2. The first-order valence-corrected chi connectivity index (χ1v) is 11.1. The molecule has 160 valence electrons. The molecule has 0 atom stereocenters. The zero-order valence-corrected chi connectivity index (χ0v) is 18.1. The summed E-state index contributed by atoms with van der Waals surface area (Å²) in [7, 11) is 0. The highest BCUT2D eigenvalue weighted by molar-refractivity contribution is 6.31. The van der Waals surface area contributed by atoms with Crippen molar-refractivity contribution in [1.29, 1.82) is 0 Å². The van der Waals surface area contributed by atoms with E-state index in [1.807, 2.05) is 42.5 Å². The number of ketones is 1. The number of anilines is 1. The number of halogens is 1. The number of pyridine rings is 1. The number of amides is 1. The van der Waals surface area contributed by atoms with E-state index < -0.39 is 0 Å². The monoisotopic (exact) mass is 435 g/mol. The van der Waals surface area contributed by atoms with E-state index in [4.69, 9.17) is 11.6 Å². The Balaban J connectivity index is 1.24. The Kier molecular flexibility index (Phi) is 6.82. The number of Topliss-reactive ketones (excluding diaryl/α,β-unsaturated/α-hetero) is 1. The van der Waals surface area contributed by atoms with Gasteiger partial charge in [-0.2, -0.15) is 0 Å². The van der Waals surface area contributed by atoms with E-state index >= 15 is 0 Å². The van der Waals surface area contributed by atoms with E-state index in [-0.39, 0.29) is 30.6 Å². The molecule has 6 heteroatoms. The van der Waals surface area contributed by atoms with Gasteiger partial charge in [-0.3, -0.25) is 14.6 Å². The highest BCUT2D eigenvalue weighted by Crippen LogP contribution is 2.28. The Hall–Kier alpha value is -2.92. The van der Waals surface area contributed by atoms with Crippen LogP contribution in [0.15, 0.2) is 60.8 Å². The van der Waals surface area contributed by atoms with Crippen LogP contribution in [0.3, 0.4) is 0 Å². The van der Waals surface area contributed by atoms with Crippen molar-refractivity contribution in [2.75, 3.05) is 5.32 Å². The lowest BCUT2D eigenvalue weighted by molar-refractivity contribution is -0.122. The predicted octanol–water partition coefficient (Wildman–Crippen LogP) is 5.39. The van der Waals surface area contributed by atoms with Crippen LogP contribution in [0.5, 0.6) is 0 Å². The molecule has 5 nitrogen and oxygen atoms in total. The van der Waals surface area contributed by atoms with Gasteiger partial charge in [0.1, 0.15) is 0 Å². The minimum atomic E-state index is -0.0438. The molecule has 0 spiro atoms. The van der Waals surface area contributed by atoms with Gasteiger partial charge in [0.15, 0.2) is 5.78 Å². The standard InChI is InChI=1S/C25H26ClN3O2/c26-18-6-11-21-22(14-15-27-23(21)16-18)28-19-7-9-20(10-8-19)29-25(31)13-12-24(30)17-4-2-1-3-5-17/h1-6,11,14-16,19-20H,7-10,12-13H2,(H,27,28)(H,29,31). The second-order valence-corrected chi connectivity index (χ2v) is 8.51. The Bertz CT molecular complexity index is 1060. The summed E-state index contributed by atoms with van der Waals surface area (Å²) in [6.07, 6.45) is 6.07. The van der Waals surface area contributed by atoms with Gasteiger partial charge >= 0.3 is 0 Å². The molecular weight excluding hydrogens is 410 g/mol. The second kappa shape index (κ2) is 9.92. The van der Waals surface area contributed by atoms with Crippen molar-refractivity contribution >= 4 is 39.9 Å². The van der Waals surface area contributed by atoms with Gasteiger partial charge in [-0.1, -0.05) is 41.9 Å².